The van der Waals surface area contributed by atoms with Gasteiger partial charge >= 0.3 is 0 Å². The fraction of sp³-hybridized carbons (Fsp3) is 0.857. The van der Waals surface area contributed by atoms with Gasteiger partial charge in [-0.05, 0) is 24.7 Å². The van der Waals surface area contributed by atoms with E-state index < -0.39 is 12.3 Å². The van der Waals surface area contributed by atoms with Gasteiger partial charge in [0.1, 0.15) is 19.1 Å². The normalized spacial score (nSPS) is 49.0. The zero-order valence-electron chi connectivity index (χ0n) is 5.59. The first-order valence-corrected chi connectivity index (χ1v) is 3.37. The highest BCUT2D eigenvalue weighted by atomic mass is 19.2. The molecule has 2 saturated carbocycles. The number of carbonyl (C=O) groups excluding carboxylic acids is 1. The first kappa shape index (κ1) is 7.63. The van der Waals surface area contributed by atoms with Gasteiger partial charge in [0.25, 0.3) is 0 Å². The van der Waals surface area contributed by atoms with Crippen molar-refractivity contribution in [2.45, 2.75) is 25.2 Å². The van der Waals surface area contributed by atoms with Crippen molar-refractivity contribution in [2.24, 2.45) is 11.8 Å². The van der Waals surface area contributed by atoms with Crippen molar-refractivity contribution in [2.75, 3.05) is 0 Å². The summed E-state index contributed by atoms with van der Waals surface area (Å²) in [4.78, 5) is 8.00. The van der Waals surface area contributed by atoms with Crippen LogP contribution in [-0.2, 0) is 4.79 Å². The van der Waals surface area contributed by atoms with E-state index >= 15 is 0 Å². The minimum Gasteiger partial charge on any atom is -0.307 e. The smallest absolute Gasteiger partial charge is 0.135 e. The summed E-state index contributed by atoms with van der Waals surface area (Å²) in [7, 11) is 0. The molecule has 0 saturated heterocycles. The Hall–Kier alpha value is -0.470. The van der Waals surface area contributed by atoms with Crippen molar-refractivity contribution in [1.82, 2.24) is 0 Å². The molecule has 0 spiro atoms. The summed E-state index contributed by atoms with van der Waals surface area (Å²) in [6.45, 7) is 2.00. The third-order valence-corrected chi connectivity index (χ3v) is 2.51. The minimum absolute atomic E-state index is 0.116. The molecule has 10 heavy (non-hydrogen) atoms. The Bertz CT molecular complexity index is 103. The highest BCUT2D eigenvalue weighted by Gasteiger charge is 2.56. The van der Waals surface area contributed by atoms with Crippen LogP contribution in [0.15, 0.2) is 0 Å². The lowest BCUT2D eigenvalue weighted by Gasteiger charge is -2.51. The van der Waals surface area contributed by atoms with Crippen molar-refractivity contribution in [3.63, 3.8) is 0 Å². The zero-order valence-corrected chi connectivity index (χ0v) is 5.59. The molecule has 0 radical (unpaired) electrons. The Kier molecular flexibility index (Phi) is 2.02. The van der Waals surface area contributed by atoms with Crippen LogP contribution in [0, 0.1) is 11.8 Å². The molecule has 0 amide bonds. The first-order valence-electron chi connectivity index (χ1n) is 3.37. The summed E-state index contributed by atoms with van der Waals surface area (Å²) >= 11 is 0. The lowest BCUT2D eigenvalue weighted by Crippen LogP contribution is -2.56. The summed E-state index contributed by atoms with van der Waals surface area (Å²) < 4.78 is 24.5. The molecule has 0 aliphatic heterocycles. The van der Waals surface area contributed by atoms with Gasteiger partial charge in [0, 0.05) is 0 Å². The topological polar surface area (TPSA) is 17.1 Å². The molecule has 2 fully saturated rings. The van der Waals surface area contributed by atoms with Crippen LogP contribution < -0.4 is 0 Å². The number of hydrogen-bond acceptors (Lipinski definition) is 1. The maximum atomic E-state index is 12.2. The number of fused-ring (bicyclic) bond motifs is 1. The largest absolute Gasteiger partial charge is 0.307 e. The number of hydrogen-bond donors (Lipinski definition) is 0. The molecule has 0 bridgehead atoms. The molecule has 3 heteroatoms. The summed E-state index contributed by atoms with van der Waals surface area (Å²) in [5.41, 5.74) is 0. The summed E-state index contributed by atoms with van der Waals surface area (Å²) in [6, 6.07) is 0. The van der Waals surface area contributed by atoms with Gasteiger partial charge < -0.3 is 4.79 Å². The van der Waals surface area contributed by atoms with Gasteiger partial charge in [-0.1, -0.05) is 0 Å². The molecule has 0 aromatic carbocycles. The van der Waals surface area contributed by atoms with E-state index in [1.807, 2.05) is 6.79 Å². The van der Waals surface area contributed by atoms with Crippen LogP contribution in [0.5, 0.6) is 0 Å². The fourth-order valence-corrected chi connectivity index (χ4v) is 1.67. The first-order chi connectivity index (χ1) is 4.80. The molecule has 0 aromatic rings. The Morgan fingerprint density at radius 2 is 1.30 bits per heavy atom. The molecule has 0 N–H and O–H groups in total. The summed E-state index contributed by atoms with van der Waals surface area (Å²) in [6.07, 6.45) is -0.360. The van der Waals surface area contributed by atoms with Crippen LogP contribution in [0.1, 0.15) is 12.8 Å². The molecular formula is C7H10F2O. The van der Waals surface area contributed by atoms with E-state index in [1.165, 1.54) is 0 Å². The minimum atomic E-state index is -1.10. The molecule has 58 valence electrons. The average molecular weight is 148 g/mol. The number of halogens is 2. The van der Waals surface area contributed by atoms with Crippen molar-refractivity contribution in [1.29, 1.82) is 0 Å². The monoisotopic (exact) mass is 148 g/mol. The Morgan fingerprint density at radius 1 is 1.00 bits per heavy atom. The standard InChI is InChI=1S/C6H8F2.CH2O/c7-5-3-1-2-4(3)6(5)8;1-2/h3-6H,1-2H2;1H2. The summed E-state index contributed by atoms with van der Waals surface area (Å²) in [5.74, 6) is 0.231. The van der Waals surface area contributed by atoms with Crippen LogP contribution in [0.3, 0.4) is 0 Å². The van der Waals surface area contributed by atoms with Gasteiger partial charge in [0.2, 0.25) is 0 Å². The highest BCUT2D eigenvalue weighted by molar-refractivity contribution is 5.11. The quantitative estimate of drug-likeness (QED) is 0.509. The zero-order chi connectivity index (χ0) is 7.72. The second-order valence-corrected chi connectivity index (χ2v) is 2.79. The van der Waals surface area contributed by atoms with Gasteiger partial charge in [-0.25, -0.2) is 8.78 Å². The Labute approximate surface area is 58.4 Å². The van der Waals surface area contributed by atoms with Crippen LogP contribution >= 0.6 is 0 Å². The predicted molar refractivity (Wildman–Crippen MR) is 33.1 cm³/mol. The third-order valence-electron chi connectivity index (χ3n) is 2.51. The van der Waals surface area contributed by atoms with Crippen LogP contribution in [0.4, 0.5) is 8.78 Å². The van der Waals surface area contributed by atoms with Crippen LogP contribution in [-0.4, -0.2) is 19.1 Å². The van der Waals surface area contributed by atoms with Crippen molar-refractivity contribution >= 4 is 6.79 Å². The van der Waals surface area contributed by atoms with Gasteiger partial charge in [-0.15, -0.1) is 0 Å². The van der Waals surface area contributed by atoms with Gasteiger partial charge in [0.05, 0.1) is 0 Å². The Morgan fingerprint density at radius 3 is 1.40 bits per heavy atom. The van der Waals surface area contributed by atoms with E-state index in [-0.39, 0.29) is 11.8 Å². The third kappa shape index (κ3) is 0.762. The van der Waals surface area contributed by atoms with Crippen LogP contribution in [0.2, 0.25) is 0 Å². The van der Waals surface area contributed by atoms with E-state index in [0.29, 0.717) is 0 Å². The van der Waals surface area contributed by atoms with Crippen LogP contribution in [0.25, 0.3) is 0 Å². The fourth-order valence-electron chi connectivity index (χ4n) is 1.67. The summed E-state index contributed by atoms with van der Waals surface area (Å²) in [5, 5.41) is 0. The second-order valence-electron chi connectivity index (χ2n) is 2.79. The molecule has 0 aromatic heterocycles. The molecule has 0 heterocycles. The highest BCUT2D eigenvalue weighted by Crippen LogP contribution is 2.53. The molecule has 4 atom stereocenters. The van der Waals surface area contributed by atoms with Gasteiger partial charge in [-0.2, -0.15) is 0 Å². The van der Waals surface area contributed by atoms with Crippen molar-refractivity contribution in [3.05, 3.63) is 0 Å². The average Bonchev–Trinajstić information content (AvgIpc) is 1.91. The van der Waals surface area contributed by atoms with E-state index in [1.54, 1.807) is 0 Å². The maximum absolute atomic E-state index is 12.2. The van der Waals surface area contributed by atoms with E-state index in [2.05, 4.69) is 0 Å². The van der Waals surface area contributed by atoms with Gasteiger partial charge in [0.15, 0.2) is 0 Å². The van der Waals surface area contributed by atoms with Gasteiger partial charge in [-0.3, -0.25) is 0 Å². The van der Waals surface area contributed by atoms with Crippen molar-refractivity contribution < 1.29 is 13.6 Å². The SMILES string of the molecule is C=O.FC1C(F)C2CCC12. The number of rotatable bonds is 0. The molecule has 2 rings (SSSR count). The molecular weight excluding hydrogens is 138 g/mol. The van der Waals surface area contributed by atoms with E-state index in [9.17, 15) is 8.78 Å². The molecule has 4 unspecified atom stereocenters. The molecule has 2 aliphatic carbocycles. The van der Waals surface area contributed by atoms with E-state index in [0.717, 1.165) is 12.8 Å². The lowest BCUT2D eigenvalue weighted by atomic mass is 9.57. The number of carbonyl (C=O) groups is 1. The maximum Gasteiger partial charge on any atom is 0.135 e. The predicted octanol–water partition coefficient (Wildman–Crippen LogP) is 1.52. The second kappa shape index (κ2) is 2.64. The van der Waals surface area contributed by atoms with E-state index in [4.69, 9.17) is 4.79 Å². The lowest BCUT2D eigenvalue weighted by molar-refractivity contribution is -0.128. The number of alkyl halides is 2. The van der Waals surface area contributed by atoms with Crippen molar-refractivity contribution in [3.8, 4) is 0 Å². The molecule has 1 nitrogen and oxygen atoms in total. The Balaban J connectivity index is 0.000000231. The molecule has 2 aliphatic rings.